The molecule has 5 aromatic rings. The molecule has 1 saturated carbocycles. The lowest BCUT2D eigenvalue weighted by Gasteiger charge is -2.18. The number of rotatable bonds is 6. The Kier molecular flexibility index (Phi) is 5.22. The predicted molar refractivity (Wildman–Crippen MR) is 135 cm³/mol. The van der Waals surface area contributed by atoms with Gasteiger partial charge >= 0.3 is 0 Å². The number of nitrogens with zero attached hydrogens (tertiary/aromatic N) is 1. The predicted octanol–water partition coefficient (Wildman–Crippen LogP) is 6.53. The molecular formula is C30H21FN2O3. The van der Waals surface area contributed by atoms with Gasteiger partial charge in [-0.25, -0.2) is 9.37 Å². The standard InChI is InChI=1S/C30H21FN2O3/c31-24-11-9-19(10-12-24)27-26(18-34)25-16-22(17-32-29(25)36-27)20-5-4-6-21(15-20)28(35)33-30(13-14-30)23-7-2-1-3-8-23/h1-12,15-18H,13-14H2,(H,33,35). The second-order valence-electron chi connectivity index (χ2n) is 9.03. The highest BCUT2D eigenvalue weighted by Gasteiger charge is 2.45. The van der Waals surface area contributed by atoms with E-state index in [9.17, 15) is 14.0 Å². The number of hydrogen-bond donors (Lipinski definition) is 1. The maximum Gasteiger partial charge on any atom is 0.251 e. The maximum atomic E-state index is 13.4. The minimum absolute atomic E-state index is 0.136. The quantitative estimate of drug-likeness (QED) is 0.283. The Hall–Kier alpha value is -4.58. The SMILES string of the molecule is O=Cc1c(-c2ccc(F)cc2)oc2ncc(-c3cccc(C(=O)NC4(c5ccccc5)CC4)c3)cc12. The monoisotopic (exact) mass is 476 g/mol. The summed E-state index contributed by atoms with van der Waals surface area (Å²) in [6.45, 7) is 0. The van der Waals surface area contributed by atoms with Crippen molar-refractivity contribution in [2.24, 2.45) is 0 Å². The minimum atomic E-state index is -0.372. The van der Waals surface area contributed by atoms with E-state index in [2.05, 4.69) is 10.3 Å². The summed E-state index contributed by atoms with van der Waals surface area (Å²) >= 11 is 0. The van der Waals surface area contributed by atoms with Gasteiger partial charge in [-0.1, -0.05) is 42.5 Å². The number of pyridine rings is 1. The normalized spacial score (nSPS) is 13.9. The van der Waals surface area contributed by atoms with E-state index in [4.69, 9.17) is 4.42 Å². The van der Waals surface area contributed by atoms with Crippen LogP contribution >= 0.6 is 0 Å². The van der Waals surface area contributed by atoms with Gasteiger partial charge in [0.15, 0.2) is 6.29 Å². The fourth-order valence-corrected chi connectivity index (χ4v) is 4.59. The van der Waals surface area contributed by atoms with Gasteiger partial charge < -0.3 is 9.73 Å². The van der Waals surface area contributed by atoms with Crippen LogP contribution in [-0.2, 0) is 5.54 Å². The molecular weight excluding hydrogens is 455 g/mol. The van der Waals surface area contributed by atoms with E-state index in [0.29, 0.717) is 33.6 Å². The summed E-state index contributed by atoms with van der Waals surface area (Å²) in [5.41, 5.74) is 4.14. The number of benzene rings is 3. The first-order valence-electron chi connectivity index (χ1n) is 11.7. The Labute approximate surface area is 206 Å². The average Bonchev–Trinajstić information content (AvgIpc) is 3.61. The number of aromatic nitrogens is 1. The van der Waals surface area contributed by atoms with Crippen LogP contribution in [0.15, 0.2) is 95.5 Å². The lowest BCUT2D eigenvalue weighted by molar-refractivity contribution is 0.0930. The van der Waals surface area contributed by atoms with E-state index in [1.54, 1.807) is 24.4 Å². The molecule has 0 radical (unpaired) electrons. The van der Waals surface area contributed by atoms with Crippen LogP contribution in [0.4, 0.5) is 4.39 Å². The van der Waals surface area contributed by atoms with Crippen LogP contribution in [0, 0.1) is 5.82 Å². The van der Waals surface area contributed by atoms with Crippen LogP contribution in [0.3, 0.4) is 0 Å². The molecule has 1 aliphatic carbocycles. The number of carbonyl (C=O) groups excluding carboxylic acids is 2. The summed E-state index contributed by atoms with van der Waals surface area (Å²) in [4.78, 5) is 29.5. The van der Waals surface area contributed by atoms with Crippen molar-refractivity contribution >= 4 is 23.3 Å². The highest BCUT2D eigenvalue weighted by molar-refractivity contribution is 6.03. The van der Waals surface area contributed by atoms with Gasteiger partial charge in [0.2, 0.25) is 5.71 Å². The number of nitrogens with one attached hydrogen (secondary N) is 1. The molecule has 1 N–H and O–H groups in total. The van der Waals surface area contributed by atoms with E-state index in [-0.39, 0.29) is 17.3 Å². The zero-order valence-electron chi connectivity index (χ0n) is 19.2. The Balaban J connectivity index is 1.32. The first kappa shape index (κ1) is 21.9. The van der Waals surface area contributed by atoms with Gasteiger partial charge in [-0.3, -0.25) is 9.59 Å². The molecule has 0 saturated heterocycles. The molecule has 6 rings (SSSR count). The molecule has 0 unspecified atom stereocenters. The van der Waals surface area contributed by atoms with Gasteiger partial charge in [-0.15, -0.1) is 0 Å². The van der Waals surface area contributed by atoms with Crippen molar-refractivity contribution in [1.82, 2.24) is 10.3 Å². The molecule has 0 aliphatic heterocycles. The Morgan fingerprint density at radius 1 is 0.917 bits per heavy atom. The smallest absolute Gasteiger partial charge is 0.251 e. The van der Waals surface area contributed by atoms with E-state index < -0.39 is 0 Å². The molecule has 5 nitrogen and oxygen atoms in total. The molecule has 0 bridgehead atoms. The molecule has 1 fully saturated rings. The van der Waals surface area contributed by atoms with Crippen LogP contribution in [0.5, 0.6) is 0 Å². The third-order valence-corrected chi connectivity index (χ3v) is 6.70. The summed E-state index contributed by atoms with van der Waals surface area (Å²) in [5, 5.41) is 3.76. The number of furan rings is 1. The largest absolute Gasteiger partial charge is 0.437 e. The van der Waals surface area contributed by atoms with Crippen molar-refractivity contribution in [2.45, 2.75) is 18.4 Å². The summed E-state index contributed by atoms with van der Waals surface area (Å²) in [6.07, 6.45) is 4.19. The zero-order chi connectivity index (χ0) is 24.7. The van der Waals surface area contributed by atoms with Crippen LogP contribution in [0.2, 0.25) is 0 Å². The van der Waals surface area contributed by atoms with E-state index in [1.165, 1.54) is 12.1 Å². The van der Waals surface area contributed by atoms with Crippen molar-refractivity contribution in [3.63, 3.8) is 0 Å². The molecule has 2 heterocycles. The lowest BCUT2D eigenvalue weighted by atomic mass is 10.0. The first-order valence-corrected chi connectivity index (χ1v) is 11.7. The van der Waals surface area contributed by atoms with Gasteiger partial charge in [0, 0.05) is 22.9 Å². The average molecular weight is 477 g/mol. The molecule has 176 valence electrons. The second kappa shape index (κ2) is 8.57. The number of amides is 1. The summed E-state index contributed by atoms with van der Waals surface area (Å²) in [6, 6.07) is 24.9. The molecule has 2 aromatic heterocycles. The van der Waals surface area contributed by atoms with E-state index >= 15 is 0 Å². The van der Waals surface area contributed by atoms with Gasteiger partial charge in [0.1, 0.15) is 11.6 Å². The topological polar surface area (TPSA) is 72.2 Å². The van der Waals surface area contributed by atoms with Crippen LogP contribution < -0.4 is 5.32 Å². The van der Waals surface area contributed by atoms with Crippen molar-refractivity contribution in [3.8, 4) is 22.5 Å². The minimum Gasteiger partial charge on any atom is -0.437 e. The van der Waals surface area contributed by atoms with Crippen molar-refractivity contribution < 1.29 is 18.4 Å². The first-order chi connectivity index (χ1) is 17.6. The van der Waals surface area contributed by atoms with E-state index in [1.807, 2.05) is 54.6 Å². The Morgan fingerprint density at radius 3 is 2.42 bits per heavy atom. The number of hydrogen-bond acceptors (Lipinski definition) is 4. The lowest BCUT2D eigenvalue weighted by Crippen LogP contribution is -2.34. The molecule has 1 amide bonds. The van der Waals surface area contributed by atoms with Crippen LogP contribution in [-0.4, -0.2) is 17.2 Å². The molecule has 6 heteroatoms. The van der Waals surface area contributed by atoms with Crippen molar-refractivity contribution in [3.05, 3.63) is 114 Å². The fourth-order valence-electron chi connectivity index (χ4n) is 4.59. The molecule has 0 spiro atoms. The zero-order valence-corrected chi connectivity index (χ0v) is 19.2. The fraction of sp³-hybridized carbons (Fsp3) is 0.100. The maximum absolute atomic E-state index is 13.4. The van der Waals surface area contributed by atoms with Gasteiger partial charge in [0.25, 0.3) is 5.91 Å². The Morgan fingerprint density at radius 2 is 1.69 bits per heavy atom. The van der Waals surface area contributed by atoms with Crippen LogP contribution in [0.25, 0.3) is 33.6 Å². The van der Waals surface area contributed by atoms with Gasteiger partial charge in [-0.2, -0.15) is 0 Å². The van der Waals surface area contributed by atoms with Gasteiger partial charge in [0.05, 0.1) is 16.5 Å². The third-order valence-electron chi connectivity index (χ3n) is 6.70. The second-order valence-corrected chi connectivity index (χ2v) is 9.03. The number of fused-ring (bicyclic) bond motifs is 1. The van der Waals surface area contributed by atoms with Gasteiger partial charge in [-0.05, 0) is 66.4 Å². The summed E-state index contributed by atoms with van der Waals surface area (Å²) < 4.78 is 19.2. The molecule has 1 aliphatic rings. The highest BCUT2D eigenvalue weighted by atomic mass is 19.1. The number of carbonyl (C=O) groups is 2. The van der Waals surface area contributed by atoms with Crippen LogP contribution in [0.1, 0.15) is 39.1 Å². The van der Waals surface area contributed by atoms with Crippen molar-refractivity contribution in [2.75, 3.05) is 0 Å². The molecule has 0 atom stereocenters. The number of aldehydes is 1. The number of halogens is 1. The van der Waals surface area contributed by atoms with Crippen molar-refractivity contribution in [1.29, 1.82) is 0 Å². The highest BCUT2D eigenvalue weighted by Crippen LogP contribution is 2.45. The molecule has 3 aromatic carbocycles. The summed E-state index contributed by atoms with van der Waals surface area (Å²) in [7, 11) is 0. The molecule has 36 heavy (non-hydrogen) atoms. The Bertz CT molecular complexity index is 1600. The van der Waals surface area contributed by atoms with E-state index in [0.717, 1.165) is 35.8 Å². The summed E-state index contributed by atoms with van der Waals surface area (Å²) in [5.74, 6) is -0.167. The third kappa shape index (κ3) is 3.86.